The minimum absolute atomic E-state index is 0.463. The van der Waals surface area contributed by atoms with Gasteiger partial charge in [-0.3, -0.25) is 0 Å². The van der Waals surface area contributed by atoms with Crippen LogP contribution in [0, 0.1) is 6.92 Å². The molecule has 0 aliphatic carbocycles. The van der Waals surface area contributed by atoms with Crippen LogP contribution in [-0.2, 0) is 0 Å². The van der Waals surface area contributed by atoms with Crippen LogP contribution in [0.1, 0.15) is 11.6 Å². The molecular formula is C15H14N4S2. The molecule has 4 nitrogen and oxygen atoms in total. The molecule has 0 saturated carbocycles. The third kappa shape index (κ3) is 2.42. The first kappa shape index (κ1) is 13.2. The molecule has 21 heavy (non-hydrogen) atoms. The predicted octanol–water partition coefficient (Wildman–Crippen LogP) is 3.53. The maximum atomic E-state index is 4.40. The van der Waals surface area contributed by atoms with Crippen molar-refractivity contribution in [3.63, 3.8) is 0 Å². The summed E-state index contributed by atoms with van der Waals surface area (Å²) in [5, 5.41) is 1.20. The first-order valence-corrected chi connectivity index (χ1v) is 8.78. The highest BCUT2D eigenvalue weighted by atomic mass is 32.2. The molecule has 1 aromatic rings. The average Bonchev–Trinajstić information content (AvgIpc) is 3.12. The van der Waals surface area contributed by atoms with Crippen molar-refractivity contribution in [3.05, 3.63) is 42.5 Å². The fraction of sp³-hybridized carbons (Fsp3) is 0.267. The summed E-state index contributed by atoms with van der Waals surface area (Å²) >= 11 is 3.75. The number of hydrogen-bond acceptors (Lipinski definition) is 5. The van der Waals surface area contributed by atoms with Gasteiger partial charge in [0, 0.05) is 16.4 Å². The summed E-state index contributed by atoms with van der Waals surface area (Å²) in [6, 6.07) is 9.18. The third-order valence-electron chi connectivity index (χ3n) is 3.59. The van der Waals surface area contributed by atoms with Crippen LogP contribution in [0.15, 0.2) is 46.8 Å². The van der Waals surface area contributed by atoms with Crippen LogP contribution >= 0.6 is 23.5 Å². The first-order valence-electron chi connectivity index (χ1n) is 6.81. The van der Waals surface area contributed by atoms with Gasteiger partial charge in [0.25, 0.3) is 0 Å². The van der Waals surface area contributed by atoms with Crippen molar-refractivity contribution in [1.29, 1.82) is 0 Å². The maximum Gasteiger partial charge on any atom is 0.183 e. The van der Waals surface area contributed by atoms with Crippen LogP contribution in [0.3, 0.4) is 0 Å². The van der Waals surface area contributed by atoms with Crippen LogP contribution in [0.5, 0.6) is 0 Å². The monoisotopic (exact) mass is 314 g/mol. The second kappa shape index (κ2) is 5.35. The number of aryl methyl sites for hydroxylation is 1. The third-order valence-corrected chi connectivity index (χ3v) is 5.98. The predicted molar refractivity (Wildman–Crippen MR) is 86.1 cm³/mol. The van der Waals surface area contributed by atoms with Crippen LogP contribution in [-0.4, -0.2) is 31.0 Å². The number of rotatable bonds is 3. The molecule has 0 bridgehead atoms. The zero-order valence-corrected chi connectivity index (χ0v) is 13.2. The Morgan fingerprint density at radius 1 is 1.24 bits per heavy atom. The van der Waals surface area contributed by atoms with Crippen LogP contribution in [0.25, 0.3) is 11.5 Å². The number of benzene rings is 1. The largest absolute Gasteiger partial charge is 0.320 e. The van der Waals surface area contributed by atoms with E-state index in [1.807, 2.05) is 29.9 Å². The summed E-state index contributed by atoms with van der Waals surface area (Å²) in [5.41, 5.74) is 2.24. The van der Waals surface area contributed by atoms with Gasteiger partial charge in [0.2, 0.25) is 0 Å². The molecule has 1 atom stereocenters. The Hall–Kier alpha value is -1.53. The SMILES string of the molecule is Cc1ccc(SCC2CSc3c4ncnc-4ncn32)cc1. The minimum atomic E-state index is 0.463. The molecule has 0 spiro atoms. The molecular weight excluding hydrogens is 300 g/mol. The number of aromatic nitrogens is 4. The standard InChI is InChI=1S/C15H14N4S2/c1-10-2-4-12(5-3-10)20-6-11-7-21-15-13-14(17-8-16-13)18-9-19(11)15/h2-5,8-9,11H,6-7H2,1H3. The van der Waals surface area contributed by atoms with Crippen LogP contribution in [0.2, 0.25) is 0 Å². The van der Waals surface area contributed by atoms with E-state index in [-0.39, 0.29) is 0 Å². The van der Waals surface area contributed by atoms with Gasteiger partial charge in [0.05, 0.1) is 12.4 Å². The quantitative estimate of drug-likeness (QED) is 0.546. The molecule has 3 aliphatic rings. The lowest BCUT2D eigenvalue weighted by atomic mass is 10.2. The van der Waals surface area contributed by atoms with E-state index in [1.165, 1.54) is 15.5 Å². The molecule has 0 N–H and O–H groups in total. The molecule has 3 aliphatic heterocycles. The van der Waals surface area contributed by atoms with Crippen molar-refractivity contribution < 1.29 is 0 Å². The minimum Gasteiger partial charge on any atom is -0.320 e. The summed E-state index contributed by atoms with van der Waals surface area (Å²) in [6.45, 7) is 2.12. The number of fused-ring (bicyclic) bond motifs is 3. The van der Waals surface area contributed by atoms with Crippen molar-refractivity contribution in [2.45, 2.75) is 22.9 Å². The second-order valence-electron chi connectivity index (χ2n) is 5.09. The van der Waals surface area contributed by atoms with E-state index in [1.54, 1.807) is 6.33 Å². The van der Waals surface area contributed by atoms with E-state index in [9.17, 15) is 0 Å². The molecule has 1 unspecified atom stereocenters. The fourth-order valence-corrected chi connectivity index (χ4v) is 4.81. The molecule has 0 amide bonds. The van der Waals surface area contributed by atoms with E-state index >= 15 is 0 Å². The Morgan fingerprint density at radius 2 is 2.10 bits per heavy atom. The van der Waals surface area contributed by atoms with Crippen LogP contribution in [0.4, 0.5) is 0 Å². The Morgan fingerprint density at radius 3 is 2.95 bits per heavy atom. The normalized spacial score (nSPS) is 17.3. The fourth-order valence-electron chi connectivity index (χ4n) is 2.41. The molecule has 1 aromatic carbocycles. The highest BCUT2D eigenvalue weighted by Crippen LogP contribution is 2.40. The van der Waals surface area contributed by atoms with Gasteiger partial charge in [0.15, 0.2) is 5.82 Å². The summed E-state index contributed by atoms with van der Waals surface area (Å²) in [4.78, 5) is 14.2. The van der Waals surface area contributed by atoms with Gasteiger partial charge in [-0.2, -0.15) is 0 Å². The highest BCUT2D eigenvalue weighted by Gasteiger charge is 2.27. The van der Waals surface area contributed by atoms with Gasteiger partial charge in [-0.05, 0) is 19.1 Å². The van der Waals surface area contributed by atoms with Gasteiger partial charge >= 0.3 is 0 Å². The maximum absolute atomic E-state index is 4.40. The molecule has 0 fully saturated rings. The summed E-state index contributed by atoms with van der Waals surface area (Å²) in [7, 11) is 0. The molecule has 0 radical (unpaired) electrons. The zero-order valence-electron chi connectivity index (χ0n) is 11.6. The van der Waals surface area contributed by atoms with Gasteiger partial charge < -0.3 is 4.57 Å². The van der Waals surface area contributed by atoms with Gasteiger partial charge in [-0.15, -0.1) is 23.5 Å². The van der Waals surface area contributed by atoms with E-state index < -0.39 is 0 Å². The molecule has 6 heteroatoms. The summed E-state index contributed by atoms with van der Waals surface area (Å²) in [6.07, 6.45) is 3.50. The van der Waals surface area contributed by atoms with Crippen molar-refractivity contribution in [2.75, 3.05) is 11.5 Å². The number of thioether (sulfide) groups is 2. The Bertz CT molecular complexity index is 738. The lowest BCUT2D eigenvalue weighted by Crippen LogP contribution is -2.11. The number of nitrogens with zero attached hydrogens (tertiary/aromatic N) is 4. The van der Waals surface area contributed by atoms with Crippen molar-refractivity contribution in [3.8, 4) is 11.5 Å². The van der Waals surface area contributed by atoms with Gasteiger partial charge in [-0.1, -0.05) is 17.7 Å². The smallest absolute Gasteiger partial charge is 0.183 e. The Balaban J connectivity index is 1.54. The highest BCUT2D eigenvalue weighted by molar-refractivity contribution is 8.00. The Labute approximate surface area is 131 Å². The number of imidazole rings is 1. The molecule has 4 rings (SSSR count). The lowest BCUT2D eigenvalue weighted by Gasteiger charge is -2.14. The first-order chi connectivity index (χ1) is 10.3. The Kier molecular flexibility index (Phi) is 3.35. The van der Waals surface area contributed by atoms with Crippen molar-refractivity contribution in [1.82, 2.24) is 19.5 Å². The second-order valence-corrected chi connectivity index (χ2v) is 7.19. The molecule has 3 heterocycles. The zero-order chi connectivity index (χ0) is 14.2. The summed E-state index contributed by atoms with van der Waals surface area (Å²) < 4.78 is 2.25. The van der Waals surface area contributed by atoms with E-state index in [4.69, 9.17) is 0 Å². The van der Waals surface area contributed by atoms with Crippen molar-refractivity contribution in [2.24, 2.45) is 0 Å². The van der Waals surface area contributed by atoms with Crippen LogP contribution < -0.4 is 0 Å². The molecule has 0 aromatic heterocycles. The topological polar surface area (TPSA) is 43.6 Å². The van der Waals surface area contributed by atoms with E-state index in [0.29, 0.717) is 6.04 Å². The number of hydrogen-bond donors (Lipinski definition) is 0. The van der Waals surface area contributed by atoms with E-state index in [0.717, 1.165) is 23.0 Å². The van der Waals surface area contributed by atoms with E-state index in [2.05, 4.69) is 50.7 Å². The average molecular weight is 314 g/mol. The van der Waals surface area contributed by atoms with Crippen molar-refractivity contribution >= 4 is 23.5 Å². The molecule has 0 saturated heterocycles. The van der Waals surface area contributed by atoms with Gasteiger partial charge in [0.1, 0.15) is 17.0 Å². The van der Waals surface area contributed by atoms with Gasteiger partial charge in [-0.25, -0.2) is 15.0 Å². The molecule has 106 valence electrons. The lowest BCUT2D eigenvalue weighted by molar-refractivity contribution is 0.578. The summed E-state index contributed by atoms with van der Waals surface area (Å²) in [5.74, 6) is 2.88.